The van der Waals surface area contributed by atoms with Gasteiger partial charge < -0.3 is 31.9 Å². The summed E-state index contributed by atoms with van der Waals surface area (Å²) in [5.41, 5.74) is 8.93. The number of hydrogen-bond donors (Lipinski definition) is 5. The third kappa shape index (κ3) is 8.42. The van der Waals surface area contributed by atoms with Crippen molar-refractivity contribution in [3.8, 4) is 0 Å². The highest BCUT2D eigenvalue weighted by Gasteiger charge is 2.26. The van der Waals surface area contributed by atoms with Gasteiger partial charge in [-0.05, 0) is 87.5 Å². The molecule has 6 N–H and O–H groups in total. The lowest BCUT2D eigenvalue weighted by atomic mass is 9.83. The van der Waals surface area contributed by atoms with Crippen molar-refractivity contribution in [1.29, 1.82) is 0 Å². The van der Waals surface area contributed by atoms with Crippen molar-refractivity contribution in [2.45, 2.75) is 63.5 Å². The number of nitrogens with zero attached hydrogens (tertiary/aromatic N) is 3. The van der Waals surface area contributed by atoms with E-state index in [2.05, 4.69) is 31.2 Å². The van der Waals surface area contributed by atoms with Gasteiger partial charge in [0, 0.05) is 49.2 Å². The average Bonchev–Trinajstić information content (AvgIpc) is 3.02. The van der Waals surface area contributed by atoms with E-state index in [4.69, 9.17) is 10.7 Å². The van der Waals surface area contributed by atoms with E-state index in [1.807, 2.05) is 48.5 Å². The molecule has 0 spiro atoms. The van der Waals surface area contributed by atoms with Crippen LogP contribution < -0.4 is 27.0 Å². The number of piperidine rings is 1. The van der Waals surface area contributed by atoms with Crippen LogP contribution in [0, 0.1) is 0 Å². The molecule has 1 saturated carbocycles. The molecule has 1 aliphatic carbocycles. The van der Waals surface area contributed by atoms with E-state index in [1.54, 1.807) is 12.3 Å². The molecule has 1 aliphatic heterocycles. The summed E-state index contributed by atoms with van der Waals surface area (Å²) in [6.45, 7) is 4.10. The number of urea groups is 1. The summed E-state index contributed by atoms with van der Waals surface area (Å²) in [6, 6.07) is 17.2. The number of para-hydroxylation sites is 1. The smallest absolute Gasteiger partial charge is 0.315 e. The largest absolute Gasteiger partial charge is 0.384 e. The van der Waals surface area contributed by atoms with Crippen molar-refractivity contribution in [1.82, 2.24) is 30.8 Å². The molecule has 0 atom stereocenters. The molecule has 0 unspecified atom stereocenters. The van der Waals surface area contributed by atoms with Gasteiger partial charge in [-0.1, -0.05) is 30.7 Å². The first-order valence-electron chi connectivity index (χ1n) is 15.1. The molecule has 2 fully saturated rings. The molecule has 3 heterocycles. The first kappa shape index (κ1) is 29.3. The topological polar surface area (TPSA) is 137 Å². The summed E-state index contributed by atoms with van der Waals surface area (Å²) >= 11 is 0. The van der Waals surface area contributed by atoms with Gasteiger partial charge in [-0.25, -0.2) is 14.8 Å². The van der Waals surface area contributed by atoms with Crippen molar-refractivity contribution < 1.29 is 9.59 Å². The van der Waals surface area contributed by atoms with Gasteiger partial charge in [-0.2, -0.15) is 0 Å². The van der Waals surface area contributed by atoms with Crippen LogP contribution in [0.15, 0.2) is 60.8 Å². The predicted molar refractivity (Wildman–Crippen MR) is 166 cm³/mol. The first-order chi connectivity index (χ1) is 20.5. The van der Waals surface area contributed by atoms with E-state index >= 15 is 0 Å². The van der Waals surface area contributed by atoms with E-state index in [9.17, 15) is 9.59 Å². The predicted octanol–water partition coefficient (Wildman–Crippen LogP) is 4.54. The minimum atomic E-state index is -0.182. The number of rotatable bonds is 10. The number of pyridine rings is 2. The fourth-order valence-electron chi connectivity index (χ4n) is 5.74. The van der Waals surface area contributed by atoms with Crippen LogP contribution in [-0.4, -0.2) is 59.0 Å². The molecule has 222 valence electrons. The summed E-state index contributed by atoms with van der Waals surface area (Å²) in [4.78, 5) is 37.1. The van der Waals surface area contributed by atoms with Crippen LogP contribution in [0.2, 0.25) is 0 Å². The van der Waals surface area contributed by atoms with Crippen LogP contribution in [0.5, 0.6) is 0 Å². The molecule has 0 bridgehead atoms. The Bertz CT molecular complexity index is 1300. The zero-order valence-corrected chi connectivity index (χ0v) is 24.1. The second-order valence-electron chi connectivity index (χ2n) is 11.2. The summed E-state index contributed by atoms with van der Waals surface area (Å²) < 4.78 is 0. The molecule has 3 amide bonds. The fraction of sp³-hybridized carbons (Fsp3) is 0.438. The van der Waals surface area contributed by atoms with Gasteiger partial charge in [-0.15, -0.1) is 0 Å². The SMILES string of the molecule is Nc1ccc(CNC(=O)N[C@H]2CC[C@H](c3ccc(C(=O)NCCN4CCCCC4)c(Nc4ccccc4)n3)CC2)cn1. The maximum absolute atomic E-state index is 13.2. The van der Waals surface area contributed by atoms with Crippen LogP contribution in [0.1, 0.15) is 72.5 Å². The Morgan fingerprint density at radius 2 is 1.69 bits per heavy atom. The van der Waals surface area contributed by atoms with Crippen LogP contribution in [0.4, 0.5) is 22.1 Å². The summed E-state index contributed by atoms with van der Waals surface area (Å²) in [5, 5.41) is 12.5. The molecule has 2 aliphatic rings. The fourth-order valence-corrected chi connectivity index (χ4v) is 5.74. The molecule has 3 aromatic rings. The number of likely N-dealkylation sites (tertiary alicyclic amines) is 1. The molecule has 10 heteroatoms. The van der Waals surface area contributed by atoms with E-state index in [0.717, 1.165) is 62.3 Å². The van der Waals surface area contributed by atoms with E-state index in [0.29, 0.717) is 30.3 Å². The molecule has 1 saturated heterocycles. The van der Waals surface area contributed by atoms with Gasteiger partial charge >= 0.3 is 6.03 Å². The third-order valence-corrected chi connectivity index (χ3v) is 8.14. The van der Waals surface area contributed by atoms with Crippen LogP contribution in [0.3, 0.4) is 0 Å². The number of carbonyl (C=O) groups excluding carboxylic acids is 2. The normalized spacial score (nSPS) is 19.0. The first-order valence-corrected chi connectivity index (χ1v) is 15.1. The Balaban J connectivity index is 1.16. The zero-order chi connectivity index (χ0) is 29.1. The lowest BCUT2D eigenvalue weighted by Gasteiger charge is -2.29. The lowest BCUT2D eigenvalue weighted by molar-refractivity contribution is 0.0947. The van der Waals surface area contributed by atoms with Gasteiger partial charge in [0.1, 0.15) is 11.6 Å². The van der Waals surface area contributed by atoms with Gasteiger partial charge in [0.2, 0.25) is 0 Å². The van der Waals surface area contributed by atoms with Crippen LogP contribution in [-0.2, 0) is 6.54 Å². The maximum Gasteiger partial charge on any atom is 0.315 e. The number of nitrogen functional groups attached to an aromatic ring is 1. The molecule has 0 radical (unpaired) electrons. The van der Waals surface area contributed by atoms with Crippen LogP contribution in [0.25, 0.3) is 0 Å². The summed E-state index contributed by atoms with van der Waals surface area (Å²) in [5.74, 6) is 1.18. The number of nitrogens with one attached hydrogen (secondary N) is 4. The highest BCUT2D eigenvalue weighted by atomic mass is 16.2. The number of carbonyl (C=O) groups is 2. The number of nitrogens with two attached hydrogens (primary N) is 1. The number of anilines is 3. The van der Waals surface area contributed by atoms with Crippen molar-refractivity contribution in [2.75, 3.05) is 37.2 Å². The Morgan fingerprint density at radius 3 is 2.43 bits per heavy atom. The lowest BCUT2D eigenvalue weighted by Crippen LogP contribution is -2.43. The van der Waals surface area contributed by atoms with E-state index in [1.165, 1.54) is 19.3 Å². The number of hydrogen-bond acceptors (Lipinski definition) is 7. The monoisotopic (exact) mass is 570 g/mol. The van der Waals surface area contributed by atoms with Gasteiger partial charge in [0.05, 0.1) is 5.56 Å². The Morgan fingerprint density at radius 1 is 0.905 bits per heavy atom. The number of benzene rings is 1. The Hall–Kier alpha value is -4.18. The number of amides is 3. The maximum atomic E-state index is 13.2. The average molecular weight is 571 g/mol. The zero-order valence-electron chi connectivity index (χ0n) is 24.1. The minimum Gasteiger partial charge on any atom is -0.384 e. The second-order valence-corrected chi connectivity index (χ2v) is 11.2. The standard InChI is InChI=1S/C32H42N8O2/c33-29-16-9-23(21-35-29)22-36-32(42)38-26-12-10-24(11-13-26)28-15-14-27(30(39-28)37-25-7-3-1-4-8-25)31(41)34-17-20-40-18-5-2-6-19-40/h1,3-4,7-9,14-16,21,24,26H,2,5-6,10-13,17-20,22H2,(H2,33,35)(H,34,41)(H,37,39)(H2,36,38,42)/t24-,26-. The third-order valence-electron chi connectivity index (χ3n) is 8.14. The summed E-state index contributed by atoms with van der Waals surface area (Å²) in [7, 11) is 0. The molecule has 1 aromatic carbocycles. The molecular weight excluding hydrogens is 528 g/mol. The quantitative estimate of drug-likeness (QED) is 0.241. The molecular formula is C32H42N8O2. The van der Waals surface area contributed by atoms with Gasteiger partial charge in [0.25, 0.3) is 5.91 Å². The van der Waals surface area contributed by atoms with E-state index in [-0.39, 0.29) is 23.9 Å². The van der Waals surface area contributed by atoms with Crippen molar-refractivity contribution in [3.05, 3.63) is 77.6 Å². The van der Waals surface area contributed by atoms with Gasteiger partial charge in [-0.3, -0.25) is 4.79 Å². The molecule has 10 nitrogen and oxygen atoms in total. The Kier molecular flexibility index (Phi) is 10.2. The van der Waals surface area contributed by atoms with Crippen molar-refractivity contribution >= 4 is 29.3 Å². The minimum absolute atomic E-state index is 0.109. The van der Waals surface area contributed by atoms with Crippen molar-refractivity contribution in [3.63, 3.8) is 0 Å². The molecule has 2 aromatic heterocycles. The Labute approximate surface area is 247 Å². The summed E-state index contributed by atoms with van der Waals surface area (Å²) in [6.07, 6.45) is 8.98. The molecule has 42 heavy (non-hydrogen) atoms. The number of aromatic nitrogens is 2. The van der Waals surface area contributed by atoms with Gasteiger partial charge in [0.15, 0.2) is 0 Å². The highest BCUT2D eigenvalue weighted by Crippen LogP contribution is 2.33. The van der Waals surface area contributed by atoms with Crippen molar-refractivity contribution in [2.24, 2.45) is 0 Å². The second kappa shape index (κ2) is 14.6. The molecule has 5 rings (SSSR count). The highest BCUT2D eigenvalue weighted by molar-refractivity contribution is 5.99. The van der Waals surface area contributed by atoms with E-state index < -0.39 is 0 Å². The van der Waals surface area contributed by atoms with Crippen LogP contribution >= 0.6 is 0 Å².